The van der Waals surface area contributed by atoms with E-state index in [1.165, 1.54) is 32.1 Å². The molecule has 2 rings (SSSR count). The predicted molar refractivity (Wildman–Crippen MR) is 84.8 cm³/mol. The average Bonchev–Trinajstić information content (AvgIpc) is 2.52. The fourth-order valence-electron chi connectivity index (χ4n) is 3.51. The zero-order chi connectivity index (χ0) is 14.2. The van der Waals surface area contributed by atoms with Gasteiger partial charge in [-0.25, -0.2) is 0 Å². The zero-order valence-electron chi connectivity index (χ0n) is 12.8. The molecule has 1 aromatic carbocycles. The van der Waals surface area contributed by atoms with Crippen LogP contribution in [0.1, 0.15) is 45.4 Å². The summed E-state index contributed by atoms with van der Waals surface area (Å²) >= 11 is 0. The summed E-state index contributed by atoms with van der Waals surface area (Å²) in [6, 6.07) is 10.1. The molecule has 3 atom stereocenters. The van der Waals surface area contributed by atoms with Crippen molar-refractivity contribution in [3.63, 3.8) is 0 Å². The first-order valence-electron chi connectivity index (χ1n) is 8.21. The molecule has 1 aliphatic carbocycles. The van der Waals surface area contributed by atoms with Crippen molar-refractivity contribution in [2.24, 2.45) is 23.5 Å². The van der Waals surface area contributed by atoms with E-state index in [9.17, 15) is 0 Å². The summed E-state index contributed by atoms with van der Waals surface area (Å²) < 4.78 is 5.79. The first kappa shape index (κ1) is 15.4. The molecule has 0 aromatic heterocycles. The second kappa shape index (κ2) is 8.31. The predicted octanol–water partition coefficient (Wildman–Crippen LogP) is 4.25. The largest absolute Gasteiger partial charge is 0.494 e. The summed E-state index contributed by atoms with van der Waals surface area (Å²) in [5, 5.41) is 0. The number of hydrogen-bond donors (Lipinski definition) is 1. The lowest BCUT2D eigenvalue weighted by Gasteiger charge is -2.35. The average molecular weight is 275 g/mol. The lowest BCUT2D eigenvalue weighted by molar-refractivity contribution is 0.160. The molecule has 0 bridgehead atoms. The Bertz CT molecular complexity index is 365. The first-order chi connectivity index (χ1) is 9.83. The third kappa shape index (κ3) is 4.52. The Balaban J connectivity index is 1.71. The highest BCUT2D eigenvalue weighted by Crippen LogP contribution is 2.37. The molecule has 112 valence electrons. The van der Waals surface area contributed by atoms with Crippen molar-refractivity contribution in [2.45, 2.75) is 45.4 Å². The fourth-order valence-corrected chi connectivity index (χ4v) is 3.51. The smallest absolute Gasteiger partial charge is 0.119 e. The van der Waals surface area contributed by atoms with Gasteiger partial charge in [-0.05, 0) is 62.1 Å². The van der Waals surface area contributed by atoms with E-state index in [1.54, 1.807) is 0 Å². The van der Waals surface area contributed by atoms with Gasteiger partial charge in [-0.15, -0.1) is 0 Å². The molecule has 1 aromatic rings. The monoisotopic (exact) mass is 275 g/mol. The number of rotatable bonds is 7. The van der Waals surface area contributed by atoms with Gasteiger partial charge in [-0.3, -0.25) is 0 Å². The standard InChI is InChI=1S/C18H29NO/c1-2-15-10-11-17(14-19)16(13-15)7-6-12-20-18-8-4-3-5-9-18/h3-5,8-9,15-17H,2,6-7,10-14,19H2,1H3. The lowest BCUT2D eigenvalue weighted by atomic mass is 9.71. The molecule has 0 radical (unpaired) electrons. The first-order valence-corrected chi connectivity index (χ1v) is 8.21. The highest BCUT2D eigenvalue weighted by Gasteiger charge is 2.28. The van der Waals surface area contributed by atoms with Gasteiger partial charge in [0.15, 0.2) is 0 Å². The fraction of sp³-hybridized carbons (Fsp3) is 0.667. The summed E-state index contributed by atoms with van der Waals surface area (Å²) in [5.74, 6) is 3.48. The highest BCUT2D eigenvalue weighted by molar-refractivity contribution is 5.20. The van der Waals surface area contributed by atoms with Crippen LogP contribution in [0, 0.1) is 17.8 Å². The maximum Gasteiger partial charge on any atom is 0.119 e. The molecule has 2 N–H and O–H groups in total. The molecule has 0 amide bonds. The van der Waals surface area contributed by atoms with Crippen LogP contribution in [0.25, 0.3) is 0 Å². The van der Waals surface area contributed by atoms with Gasteiger partial charge in [0.2, 0.25) is 0 Å². The van der Waals surface area contributed by atoms with Crippen LogP contribution in [-0.4, -0.2) is 13.2 Å². The van der Waals surface area contributed by atoms with E-state index in [1.807, 2.05) is 30.3 Å². The van der Waals surface area contributed by atoms with Crippen LogP contribution in [0.15, 0.2) is 30.3 Å². The Morgan fingerprint density at radius 2 is 1.95 bits per heavy atom. The van der Waals surface area contributed by atoms with Gasteiger partial charge < -0.3 is 10.5 Å². The van der Waals surface area contributed by atoms with E-state index >= 15 is 0 Å². The van der Waals surface area contributed by atoms with Crippen LogP contribution < -0.4 is 10.5 Å². The molecule has 1 aliphatic rings. The van der Waals surface area contributed by atoms with Gasteiger partial charge >= 0.3 is 0 Å². The van der Waals surface area contributed by atoms with Crippen molar-refractivity contribution in [3.8, 4) is 5.75 Å². The summed E-state index contributed by atoms with van der Waals surface area (Å²) in [6.45, 7) is 4.01. The molecule has 0 heterocycles. The molecule has 2 heteroatoms. The third-order valence-electron chi connectivity index (χ3n) is 4.86. The van der Waals surface area contributed by atoms with Crippen LogP contribution in [0.4, 0.5) is 0 Å². The highest BCUT2D eigenvalue weighted by atomic mass is 16.5. The van der Waals surface area contributed by atoms with Gasteiger partial charge in [0.25, 0.3) is 0 Å². The summed E-state index contributed by atoms with van der Waals surface area (Å²) in [6.07, 6.45) is 7.84. The van der Waals surface area contributed by atoms with E-state index in [-0.39, 0.29) is 0 Å². The Morgan fingerprint density at radius 1 is 1.15 bits per heavy atom. The van der Waals surface area contributed by atoms with Gasteiger partial charge in [-0.2, -0.15) is 0 Å². The number of benzene rings is 1. The minimum atomic E-state index is 0.745. The van der Waals surface area contributed by atoms with Crippen molar-refractivity contribution in [3.05, 3.63) is 30.3 Å². The Hall–Kier alpha value is -1.02. The molecule has 1 saturated carbocycles. The van der Waals surface area contributed by atoms with E-state index in [0.29, 0.717) is 0 Å². The van der Waals surface area contributed by atoms with Crippen molar-refractivity contribution < 1.29 is 4.74 Å². The number of ether oxygens (including phenoxy) is 1. The normalized spacial score (nSPS) is 26.4. The number of hydrogen-bond acceptors (Lipinski definition) is 2. The van der Waals surface area contributed by atoms with Gasteiger partial charge in [-0.1, -0.05) is 38.0 Å². The van der Waals surface area contributed by atoms with Crippen LogP contribution >= 0.6 is 0 Å². The Labute approximate surface area is 123 Å². The van der Waals surface area contributed by atoms with E-state index in [0.717, 1.165) is 43.1 Å². The lowest BCUT2D eigenvalue weighted by Crippen LogP contribution is -2.30. The minimum Gasteiger partial charge on any atom is -0.494 e. The molecule has 0 saturated heterocycles. The summed E-state index contributed by atoms with van der Waals surface area (Å²) in [5.41, 5.74) is 5.94. The molecular weight excluding hydrogens is 246 g/mol. The minimum absolute atomic E-state index is 0.745. The maximum absolute atomic E-state index is 5.94. The summed E-state index contributed by atoms with van der Waals surface area (Å²) in [7, 11) is 0. The van der Waals surface area contributed by atoms with Gasteiger partial charge in [0, 0.05) is 0 Å². The van der Waals surface area contributed by atoms with Gasteiger partial charge in [0.05, 0.1) is 6.61 Å². The molecular formula is C18H29NO. The van der Waals surface area contributed by atoms with Crippen LogP contribution in [0.3, 0.4) is 0 Å². The Kier molecular flexibility index (Phi) is 6.38. The second-order valence-electron chi connectivity index (χ2n) is 6.15. The van der Waals surface area contributed by atoms with Crippen LogP contribution in [0.2, 0.25) is 0 Å². The molecule has 1 fully saturated rings. The second-order valence-corrected chi connectivity index (χ2v) is 6.15. The molecule has 3 unspecified atom stereocenters. The van der Waals surface area contributed by atoms with Crippen molar-refractivity contribution in [2.75, 3.05) is 13.2 Å². The van der Waals surface area contributed by atoms with Gasteiger partial charge in [0.1, 0.15) is 5.75 Å². The number of para-hydroxylation sites is 1. The third-order valence-corrected chi connectivity index (χ3v) is 4.86. The van der Waals surface area contributed by atoms with E-state index < -0.39 is 0 Å². The Morgan fingerprint density at radius 3 is 2.65 bits per heavy atom. The maximum atomic E-state index is 5.94. The zero-order valence-corrected chi connectivity index (χ0v) is 12.8. The SMILES string of the molecule is CCC1CCC(CN)C(CCCOc2ccccc2)C1. The molecule has 0 spiro atoms. The molecule has 0 aliphatic heterocycles. The number of nitrogens with two attached hydrogens (primary N) is 1. The van der Waals surface area contributed by atoms with Crippen LogP contribution in [0.5, 0.6) is 5.75 Å². The van der Waals surface area contributed by atoms with Crippen molar-refractivity contribution in [1.82, 2.24) is 0 Å². The topological polar surface area (TPSA) is 35.2 Å². The summed E-state index contributed by atoms with van der Waals surface area (Å²) in [4.78, 5) is 0. The molecule has 2 nitrogen and oxygen atoms in total. The van der Waals surface area contributed by atoms with Crippen LogP contribution in [-0.2, 0) is 0 Å². The van der Waals surface area contributed by atoms with E-state index in [2.05, 4.69) is 6.92 Å². The van der Waals surface area contributed by atoms with E-state index in [4.69, 9.17) is 10.5 Å². The van der Waals surface area contributed by atoms with Crippen molar-refractivity contribution in [1.29, 1.82) is 0 Å². The molecule has 20 heavy (non-hydrogen) atoms. The van der Waals surface area contributed by atoms with Crippen molar-refractivity contribution >= 4 is 0 Å². The quantitative estimate of drug-likeness (QED) is 0.755.